The van der Waals surface area contributed by atoms with E-state index in [4.69, 9.17) is 29.3 Å². The van der Waals surface area contributed by atoms with Gasteiger partial charge in [-0.3, -0.25) is 0 Å². The van der Waals surface area contributed by atoms with Gasteiger partial charge in [0.2, 0.25) is 0 Å². The van der Waals surface area contributed by atoms with Crippen LogP contribution in [0, 0.1) is 5.92 Å². The lowest BCUT2D eigenvalue weighted by Gasteiger charge is -2.30. The predicted octanol–water partition coefficient (Wildman–Crippen LogP) is 4.05. The summed E-state index contributed by atoms with van der Waals surface area (Å²) in [6.45, 7) is 15.1. The molecule has 0 aromatic heterocycles. The van der Waals surface area contributed by atoms with E-state index in [1.165, 1.54) is 38.0 Å². The Morgan fingerprint density at radius 3 is 2.19 bits per heavy atom. The first kappa shape index (κ1) is 26.9. The zero-order valence-corrected chi connectivity index (χ0v) is 19.4. The molecule has 1 aromatic rings. The molecule has 2 N–H and O–H groups in total. The normalized spacial score (nSPS) is 16.8. The molecule has 0 amide bonds. The van der Waals surface area contributed by atoms with Gasteiger partial charge in [-0.05, 0) is 54.8 Å². The number of nitrogens with zero attached hydrogens (tertiary/aromatic N) is 1. The first-order valence-corrected chi connectivity index (χ1v) is 11.1. The Morgan fingerprint density at radius 1 is 1.03 bits per heavy atom. The average molecular weight is 438 g/mol. The molecule has 7 nitrogen and oxygen atoms in total. The van der Waals surface area contributed by atoms with Crippen molar-refractivity contribution in [2.45, 2.75) is 58.8 Å². The Balaban J connectivity index is 0.000000703. The molecule has 1 aromatic carbocycles. The van der Waals surface area contributed by atoms with Crippen LogP contribution in [0.25, 0.3) is 0 Å². The van der Waals surface area contributed by atoms with E-state index in [0.29, 0.717) is 0 Å². The number of carbonyl (C=O) groups is 2. The van der Waals surface area contributed by atoms with E-state index < -0.39 is 11.9 Å². The maximum absolute atomic E-state index is 9.10. The van der Waals surface area contributed by atoms with Gasteiger partial charge < -0.3 is 24.6 Å². The van der Waals surface area contributed by atoms with Crippen molar-refractivity contribution >= 4 is 11.9 Å². The highest BCUT2D eigenvalue weighted by atomic mass is 16.5. The predicted molar refractivity (Wildman–Crippen MR) is 121 cm³/mol. The standard InChI is InChI=1S/C22H37NO2.C2H2O4/c1-19-8-5-13-23(18-19)14-6-15-24-16-7-17-25-21-11-9-20(10-12-21)22(2,3)4;3-1(4)2(5)6/h9-12,19H,5-8,13-18H2,1-4H3;(H,3,4)(H,5,6). The highest BCUT2D eigenvalue weighted by Gasteiger charge is 2.15. The van der Waals surface area contributed by atoms with E-state index in [2.05, 4.69) is 56.9 Å². The van der Waals surface area contributed by atoms with Gasteiger partial charge in [0, 0.05) is 32.7 Å². The molecule has 0 saturated carbocycles. The zero-order chi connectivity index (χ0) is 23.3. The maximum atomic E-state index is 9.10. The van der Waals surface area contributed by atoms with Crippen LogP contribution >= 0.6 is 0 Å². The molecule has 0 aliphatic carbocycles. The molecular formula is C24H39NO6. The smallest absolute Gasteiger partial charge is 0.414 e. The lowest BCUT2D eigenvalue weighted by molar-refractivity contribution is -0.159. The molecule has 1 aliphatic rings. The number of rotatable bonds is 9. The molecule has 1 saturated heterocycles. The van der Waals surface area contributed by atoms with Gasteiger partial charge in [-0.2, -0.15) is 0 Å². The highest BCUT2D eigenvalue weighted by molar-refractivity contribution is 6.27. The van der Waals surface area contributed by atoms with Crippen molar-refractivity contribution < 1.29 is 29.3 Å². The van der Waals surface area contributed by atoms with Gasteiger partial charge in [0.15, 0.2) is 0 Å². The van der Waals surface area contributed by atoms with E-state index in [0.717, 1.165) is 44.3 Å². The second-order valence-corrected chi connectivity index (χ2v) is 9.10. The number of benzene rings is 1. The summed E-state index contributed by atoms with van der Waals surface area (Å²) in [7, 11) is 0. The molecule has 176 valence electrons. The minimum atomic E-state index is -1.82. The molecule has 1 heterocycles. The second-order valence-electron chi connectivity index (χ2n) is 9.10. The summed E-state index contributed by atoms with van der Waals surface area (Å²) < 4.78 is 11.5. The Hall–Kier alpha value is -2.12. The third-order valence-electron chi connectivity index (χ3n) is 5.11. The number of hydrogen-bond acceptors (Lipinski definition) is 5. The Morgan fingerprint density at radius 2 is 1.65 bits per heavy atom. The third kappa shape index (κ3) is 12.4. The molecule has 0 radical (unpaired) electrons. The van der Waals surface area contributed by atoms with Gasteiger partial charge in [0.05, 0.1) is 6.61 Å². The number of likely N-dealkylation sites (tertiary alicyclic amines) is 1. The number of hydrogen-bond donors (Lipinski definition) is 2. The van der Waals surface area contributed by atoms with Gasteiger partial charge in [0.1, 0.15) is 5.75 Å². The molecule has 7 heteroatoms. The third-order valence-corrected chi connectivity index (χ3v) is 5.11. The van der Waals surface area contributed by atoms with Crippen LogP contribution in [0.5, 0.6) is 5.75 Å². The van der Waals surface area contributed by atoms with Crippen molar-refractivity contribution in [2.75, 3.05) is 39.5 Å². The fourth-order valence-corrected chi connectivity index (χ4v) is 3.38. The fraction of sp³-hybridized carbons (Fsp3) is 0.667. The van der Waals surface area contributed by atoms with E-state index in [1.54, 1.807) is 0 Å². The first-order chi connectivity index (χ1) is 14.6. The SMILES string of the molecule is CC1CCCN(CCCOCCCOc2ccc(C(C)(C)C)cc2)C1.O=C(O)C(=O)O. The molecule has 2 rings (SSSR count). The van der Waals surface area contributed by atoms with Gasteiger partial charge in [0.25, 0.3) is 0 Å². The first-order valence-electron chi connectivity index (χ1n) is 11.1. The molecular weight excluding hydrogens is 398 g/mol. The number of piperidine rings is 1. The Kier molecular flexibility index (Phi) is 12.2. The van der Waals surface area contributed by atoms with E-state index in [-0.39, 0.29) is 5.41 Å². The monoisotopic (exact) mass is 437 g/mol. The summed E-state index contributed by atoms with van der Waals surface area (Å²) in [6, 6.07) is 8.46. The van der Waals surface area contributed by atoms with Crippen molar-refractivity contribution in [3.8, 4) is 5.75 Å². The summed E-state index contributed by atoms with van der Waals surface area (Å²) >= 11 is 0. The molecule has 1 aliphatic heterocycles. The minimum absolute atomic E-state index is 0.193. The van der Waals surface area contributed by atoms with Crippen LogP contribution in [-0.2, 0) is 19.7 Å². The van der Waals surface area contributed by atoms with Crippen LogP contribution in [0.4, 0.5) is 0 Å². The minimum Gasteiger partial charge on any atom is -0.494 e. The maximum Gasteiger partial charge on any atom is 0.414 e. The molecule has 0 bridgehead atoms. The fourth-order valence-electron chi connectivity index (χ4n) is 3.38. The number of carboxylic acids is 2. The summed E-state index contributed by atoms with van der Waals surface area (Å²) in [5.74, 6) is -1.83. The number of carboxylic acid groups (broad SMARTS) is 2. The summed E-state index contributed by atoms with van der Waals surface area (Å²) in [4.78, 5) is 20.8. The van der Waals surface area contributed by atoms with Gasteiger partial charge in [-0.25, -0.2) is 9.59 Å². The average Bonchev–Trinajstić information content (AvgIpc) is 2.70. The summed E-state index contributed by atoms with van der Waals surface area (Å²) in [5.41, 5.74) is 1.53. The van der Waals surface area contributed by atoms with Crippen molar-refractivity contribution in [2.24, 2.45) is 5.92 Å². The van der Waals surface area contributed by atoms with Crippen LogP contribution in [0.2, 0.25) is 0 Å². The van der Waals surface area contributed by atoms with Gasteiger partial charge in [-0.1, -0.05) is 39.8 Å². The number of ether oxygens (including phenoxy) is 2. The van der Waals surface area contributed by atoms with Crippen LogP contribution in [0.1, 0.15) is 58.9 Å². The van der Waals surface area contributed by atoms with Crippen molar-refractivity contribution in [1.82, 2.24) is 4.90 Å². The molecule has 1 unspecified atom stereocenters. The topological polar surface area (TPSA) is 96.3 Å². The lowest BCUT2D eigenvalue weighted by atomic mass is 9.87. The largest absolute Gasteiger partial charge is 0.494 e. The number of aliphatic carboxylic acids is 2. The molecule has 1 atom stereocenters. The van der Waals surface area contributed by atoms with Gasteiger partial charge >= 0.3 is 11.9 Å². The van der Waals surface area contributed by atoms with Gasteiger partial charge in [-0.15, -0.1) is 0 Å². The summed E-state index contributed by atoms with van der Waals surface area (Å²) in [6.07, 6.45) is 4.84. The van der Waals surface area contributed by atoms with E-state index in [1.807, 2.05) is 0 Å². The van der Waals surface area contributed by atoms with E-state index in [9.17, 15) is 0 Å². The zero-order valence-electron chi connectivity index (χ0n) is 19.4. The quantitative estimate of drug-likeness (QED) is 0.444. The van der Waals surface area contributed by atoms with E-state index >= 15 is 0 Å². The van der Waals surface area contributed by atoms with Crippen molar-refractivity contribution in [3.63, 3.8) is 0 Å². The van der Waals surface area contributed by atoms with Crippen molar-refractivity contribution in [3.05, 3.63) is 29.8 Å². The van der Waals surface area contributed by atoms with Crippen LogP contribution in [0.15, 0.2) is 24.3 Å². The summed E-state index contributed by atoms with van der Waals surface area (Å²) in [5, 5.41) is 14.8. The van der Waals surface area contributed by atoms with Crippen LogP contribution in [-0.4, -0.2) is 66.5 Å². The van der Waals surface area contributed by atoms with Crippen LogP contribution in [0.3, 0.4) is 0 Å². The second kappa shape index (κ2) is 14.0. The van der Waals surface area contributed by atoms with Crippen LogP contribution < -0.4 is 4.74 Å². The molecule has 1 fully saturated rings. The lowest BCUT2D eigenvalue weighted by Crippen LogP contribution is -2.35. The Labute approximate surface area is 186 Å². The molecule has 31 heavy (non-hydrogen) atoms. The van der Waals surface area contributed by atoms with Crippen molar-refractivity contribution in [1.29, 1.82) is 0 Å². The Bertz CT molecular complexity index is 641. The highest BCUT2D eigenvalue weighted by Crippen LogP contribution is 2.24. The molecule has 0 spiro atoms.